The number of hydrogen-bond acceptors (Lipinski definition) is 3. The van der Waals surface area contributed by atoms with Crippen LogP contribution in [-0.2, 0) is 9.53 Å². The van der Waals surface area contributed by atoms with Gasteiger partial charge in [-0.25, -0.2) is 0 Å². The van der Waals surface area contributed by atoms with Gasteiger partial charge in [0.25, 0.3) is 0 Å². The molecule has 0 aromatic rings. The zero-order valence-electron chi connectivity index (χ0n) is 7.76. The molecule has 0 aromatic carbocycles. The molecule has 0 aliphatic carbocycles. The summed E-state index contributed by atoms with van der Waals surface area (Å²) in [7, 11) is 0. The van der Waals surface area contributed by atoms with Crippen LogP contribution < -0.4 is 5.73 Å². The Morgan fingerprint density at radius 3 is 2.29 bits per heavy atom. The number of rotatable bonds is 4. The molecule has 0 saturated carbocycles. The fraction of sp³-hybridized carbons (Fsp3) is 0.857. The predicted octanol–water partition coefficient (Wildman–Crippen LogP) is 0.756. The van der Waals surface area contributed by atoms with Crippen LogP contribution in [0.4, 0.5) is 13.2 Å². The van der Waals surface area contributed by atoms with Gasteiger partial charge < -0.3 is 15.6 Å². The third-order valence-corrected chi connectivity index (χ3v) is 1.58. The van der Waals surface area contributed by atoms with Crippen LogP contribution in [0.15, 0.2) is 0 Å². The van der Waals surface area contributed by atoms with Gasteiger partial charge >= 0.3 is 12.1 Å². The number of hydrogen-bond donors (Lipinski definition) is 2. The van der Waals surface area contributed by atoms with Crippen LogP contribution in [0.2, 0.25) is 0 Å². The van der Waals surface area contributed by atoms with Gasteiger partial charge in [-0.2, -0.15) is 13.2 Å². The quantitative estimate of drug-likeness (QED) is 0.726. The van der Waals surface area contributed by atoms with Crippen molar-refractivity contribution in [1.82, 2.24) is 0 Å². The van der Waals surface area contributed by atoms with E-state index in [4.69, 9.17) is 10.8 Å². The van der Waals surface area contributed by atoms with E-state index in [1.165, 1.54) is 0 Å². The summed E-state index contributed by atoms with van der Waals surface area (Å²) < 4.78 is 40.0. The number of carboxylic acid groups (broad SMARTS) is 1. The zero-order valence-corrected chi connectivity index (χ0v) is 7.76. The van der Waals surface area contributed by atoms with Crippen molar-refractivity contribution in [3.8, 4) is 0 Å². The van der Waals surface area contributed by atoms with Crippen LogP contribution in [0.1, 0.15) is 13.8 Å². The number of carbonyl (C=O) groups is 1. The monoisotopic (exact) mass is 215 g/mol. The first-order valence-electron chi connectivity index (χ1n) is 3.78. The Labute approximate surface area is 78.8 Å². The van der Waals surface area contributed by atoms with Crippen molar-refractivity contribution in [2.45, 2.75) is 31.7 Å². The van der Waals surface area contributed by atoms with E-state index < -0.39 is 30.4 Å². The average Bonchev–Trinajstić information content (AvgIpc) is 1.98. The highest BCUT2D eigenvalue weighted by Gasteiger charge is 2.39. The maximum absolute atomic E-state index is 11.9. The summed E-state index contributed by atoms with van der Waals surface area (Å²) in [5.41, 5.74) is 3.35. The lowest BCUT2D eigenvalue weighted by atomic mass is 10.1. The Balaban J connectivity index is 4.13. The largest absolute Gasteiger partial charge is 0.480 e. The summed E-state index contributed by atoms with van der Waals surface area (Å²) >= 11 is 0. The molecular weight excluding hydrogens is 203 g/mol. The maximum Gasteiger partial charge on any atom is 0.414 e. The second-order valence-electron chi connectivity index (χ2n) is 3.22. The third-order valence-electron chi connectivity index (χ3n) is 1.58. The van der Waals surface area contributed by atoms with Crippen molar-refractivity contribution >= 4 is 5.97 Å². The lowest BCUT2D eigenvalue weighted by molar-refractivity contribution is -0.218. The maximum atomic E-state index is 11.9. The first-order valence-corrected chi connectivity index (χ1v) is 3.78. The molecule has 0 fully saturated rings. The van der Waals surface area contributed by atoms with E-state index in [0.717, 1.165) is 13.8 Å². The fourth-order valence-electron chi connectivity index (χ4n) is 0.454. The molecule has 0 amide bonds. The topological polar surface area (TPSA) is 72.5 Å². The average molecular weight is 215 g/mol. The van der Waals surface area contributed by atoms with Gasteiger partial charge in [0.05, 0.1) is 6.61 Å². The third kappa shape index (κ3) is 3.93. The van der Waals surface area contributed by atoms with Crippen molar-refractivity contribution in [3.63, 3.8) is 0 Å². The molecular formula is C7H12F3NO3. The molecule has 7 heteroatoms. The number of alkyl halides is 3. The van der Waals surface area contributed by atoms with E-state index in [2.05, 4.69) is 4.74 Å². The van der Waals surface area contributed by atoms with Gasteiger partial charge in [0.2, 0.25) is 0 Å². The zero-order chi connectivity index (χ0) is 11.6. The fourth-order valence-corrected chi connectivity index (χ4v) is 0.454. The van der Waals surface area contributed by atoms with Crippen LogP contribution in [0.5, 0.6) is 0 Å². The van der Waals surface area contributed by atoms with Gasteiger partial charge in [-0.1, -0.05) is 0 Å². The van der Waals surface area contributed by atoms with E-state index in [-0.39, 0.29) is 0 Å². The lowest BCUT2D eigenvalue weighted by Gasteiger charge is -2.23. The molecule has 0 rings (SSSR count). The molecule has 0 heterocycles. The van der Waals surface area contributed by atoms with Crippen molar-refractivity contribution in [2.75, 3.05) is 6.61 Å². The number of carboxylic acids is 1. The van der Waals surface area contributed by atoms with Crippen LogP contribution >= 0.6 is 0 Å². The lowest BCUT2D eigenvalue weighted by Crippen LogP contribution is -2.50. The van der Waals surface area contributed by atoms with Crippen LogP contribution in [-0.4, -0.2) is 35.5 Å². The van der Waals surface area contributed by atoms with Gasteiger partial charge in [-0.15, -0.1) is 0 Å². The molecule has 0 radical (unpaired) electrons. The first kappa shape index (κ1) is 13.2. The normalized spacial score (nSPS) is 18.7. The highest BCUT2D eigenvalue weighted by molar-refractivity contribution is 5.77. The van der Waals surface area contributed by atoms with Gasteiger partial charge in [0.1, 0.15) is 5.54 Å². The van der Waals surface area contributed by atoms with Crippen molar-refractivity contribution in [2.24, 2.45) is 5.73 Å². The minimum Gasteiger partial charge on any atom is -0.480 e. The van der Waals surface area contributed by atoms with E-state index >= 15 is 0 Å². The van der Waals surface area contributed by atoms with E-state index in [1.54, 1.807) is 0 Å². The Morgan fingerprint density at radius 2 is 2.00 bits per heavy atom. The summed E-state index contributed by atoms with van der Waals surface area (Å²) in [5.74, 6) is -1.41. The summed E-state index contributed by atoms with van der Waals surface area (Å²) in [6, 6.07) is 0. The summed E-state index contributed by atoms with van der Waals surface area (Å²) in [5, 5.41) is 8.47. The van der Waals surface area contributed by atoms with Crippen LogP contribution in [0.25, 0.3) is 0 Å². The van der Waals surface area contributed by atoms with E-state index in [0.29, 0.717) is 0 Å². The number of ether oxygens (including phenoxy) is 1. The highest BCUT2D eigenvalue weighted by atomic mass is 19.4. The van der Waals surface area contributed by atoms with Crippen molar-refractivity contribution in [1.29, 1.82) is 0 Å². The molecule has 84 valence electrons. The minimum absolute atomic E-state index is 0.691. The van der Waals surface area contributed by atoms with Gasteiger partial charge in [0.15, 0.2) is 6.10 Å². The van der Waals surface area contributed by atoms with Crippen molar-refractivity contribution < 1.29 is 27.8 Å². The smallest absolute Gasteiger partial charge is 0.414 e. The SMILES string of the molecule is CC(OCC(C)(N)C(=O)O)C(F)(F)F. The number of halogens is 3. The molecule has 2 unspecified atom stereocenters. The Bertz CT molecular complexity index is 215. The molecule has 2 atom stereocenters. The summed E-state index contributed by atoms with van der Waals surface area (Å²) in [6.07, 6.45) is -6.53. The predicted molar refractivity (Wildman–Crippen MR) is 41.7 cm³/mol. The number of nitrogens with two attached hydrogens (primary N) is 1. The van der Waals surface area contributed by atoms with E-state index in [1.807, 2.05) is 0 Å². The Hall–Kier alpha value is -0.820. The summed E-state index contributed by atoms with van der Waals surface area (Å²) in [6.45, 7) is 1.18. The summed E-state index contributed by atoms with van der Waals surface area (Å²) in [4.78, 5) is 10.4. The molecule has 4 nitrogen and oxygen atoms in total. The second kappa shape index (κ2) is 4.14. The number of aliphatic carboxylic acids is 1. The highest BCUT2D eigenvalue weighted by Crippen LogP contribution is 2.22. The second-order valence-corrected chi connectivity index (χ2v) is 3.22. The van der Waals surface area contributed by atoms with Gasteiger partial charge in [0, 0.05) is 0 Å². The Kier molecular flexibility index (Phi) is 3.90. The van der Waals surface area contributed by atoms with Crippen molar-refractivity contribution in [3.05, 3.63) is 0 Å². The van der Waals surface area contributed by atoms with Gasteiger partial charge in [-0.3, -0.25) is 4.79 Å². The molecule has 0 aromatic heterocycles. The molecule has 0 aliphatic heterocycles. The molecule has 0 saturated heterocycles. The van der Waals surface area contributed by atoms with E-state index in [9.17, 15) is 18.0 Å². The van der Waals surface area contributed by atoms with Gasteiger partial charge in [-0.05, 0) is 13.8 Å². The van der Waals surface area contributed by atoms with Crippen LogP contribution in [0.3, 0.4) is 0 Å². The first-order chi connectivity index (χ1) is 6.07. The molecule has 0 aliphatic rings. The Morgan fingerprint density at radius 1 is 1.57 bits per heavy atom. The molecule has 3 N–H and O–H groups in total. The standard InChI is InChI=1S/C7H12F3NO3/c1-4(7(8,9)10)14-3-6(2,11)5(12)13/h4H,3,11H2,1-2H3,(H,12,13). The minimum atomic E-state index is -4.51. The molecule has 14 heavy (non-hydrogen) atoms. The molecule has 0 spiro atoms. The molecule has 0 bridgehead atoms. The van der Waals surface area contributed by atoms with Crippen LogP contribution in [0, 0.1) is 0 Å².